The summed E-state index contributed by atoms with van der Waals surface area (Å²) in [6, 6.07) is 7.66. The van der Waals surface area contributed by atoms with Gasteiger partial charge in [-0.15, -0.1) is 24.0 Å². The van der Waals surface area contributed by atoms with Crippen molar-refractivity contribution in [2.75, 3.05) is 25.9 Å². The fourth-order valence-corrected chi connectivity index (χ4v) is 2.34. The van der Waals surface area contributed by atoms with Gasteiger partial charge in [-0.3, -0.25) is 4.79 Å². The maximum atomic E-state index is 12.0. The summed E-state index contributed by atoms with van der Waals surface area (Å²) >= 11 is 1.83. The first-order chi connectivity index (χ1) is 12.4. The Kier molecular flexibility index (Phi) is 13.6. The van der Waals surface area contributed by atoms with Gasteiger partial charge in [0.05, 0.1) is 6.54 Å². The van der Waals surface area contributed by atoms with Gasteiger partial charge in [0.15, 0.2) is 5.96 Å². The first kappa shape index (κ1) is 26.0. The molecule has 0 bridgehead atoms. The van der Waals surface area contributed by atoms with Gasteiger partial charge in [0.25, 0.3) is 5.91 Å². The normalized spacial score (nSPS) is 11.5. The third-order valence-corrected chi connectivity index (χ3v) is 5.28. The molecule has 0 heterocycles. The van der Waals surface area contributed by atoms with Crippen molar-refractivity contribution in [3.05, 3.63) is 35.4 Å². The van der Waals surface area contributed by atoms with Gasteiger partial charge in [-0.1, -0.05) is 25.5 Å². The van der Waals surface area contributed by atoms with Crippen molar-refractivity contribution >= 4 is 47.6 Å². The lowest BCUT2D eigenvalue weighted by Crippen LogP contribution is -2.43. The summed E-state index contributed by atoms with van der Waals surface area (Å²) in [5.41, 5.74) is 1.78. The number of aliphatic imine (C=N–C) groups is 1. The lowest BCUT2D eigenvalue weighted by atomic mass is 10.1. The Bertz CT molecular complexity index is 576. The van der Waals surface area contributed by atoms with Crippen LogP contribution >= 0.6 is 35.7 Å². The highest BCUT2D eigenvalue weighted by Crippen LogP contribution is 2.19. The minimum Gasteiger partial charge on any atom is -0.357 e. The van der Waals surface area contributed by atoms with Crippen LogP contribution in [0, 0.1) is 0 Å². The van der Waals surface area contributed by atoms with Gasteiger partial charge < -0.3 is 16.0 Å². The number of unbranched alkanes of at least 4 members (excludes halogenated alkanes) is 1. The number of carbonyl (C=O) groups is 1. The number of nitrogens with one attached hydrogen (secondary N) is 3. The highest BCUT2D eigenvalue weighted by molar-refractivity contribution is 14.0. The fourth-order valence-electron chi connectivity index (χ4n) is 2.12. The van der Waals surface area contributed by atoms with E-state index in [1.54, 1.807) is 0 Å². The van der Waals surface area contributed by atoms with Crippen LogP contribution in [0.3, 0.4) is 0 Å². The second kappa shape index (κ2) is 14.1. The summed E-state index contributed by atoms with van der Waals surface area (Å²) in [6.45, 7) is 11.6. The number of amides is 1. The molecule has 3 N–H and O–H groups in total. The number of halogens is 1. The van der Waals surface area contributed by atoms with Gasteiger partial charge in [-0.25, -0.2) is 4.99 Å². The van der Waals surface area contributed by atoms with Crippen molar-refractivity contribution in [2.24, 2.45) is 4.99 Å². The molecule has 0 aromatic heterocycles. The fraction of sp³-hybridized carbons (Fsp3) is 0.600. The third kappa shape index (κ3) is 10.8. The monoisotopic (exact) mass is 506 g/mol. The van der Waals surface area contributed by atoms with Gasteiger partial charge in [-0.05, 0) is 51.1 Å². The van der Waals surface area contributed by atoms with Crippen LogP contribution in [0.1, 0.15) is 56.5 Å². The molecule has 0 unspecified atom stereocenters. The number of rotatable bonds is 10. The summed E-state index contributed by atoms with van der Waals surface area (Å²) in [4.78, 5) is 16.7. The largest absolute Gasteiger partial charge is 0.357 e. The van der Waals surface area contributed by atoms with Gasteiger partial charge in [0.2, 0.25) is 0 Å². The maximum Gasteiger partial charge on any atom is 0.251 e. The molecular weight excluding hydrogens is 471 g/mol. The van der Waals surface area contributed by atoms with E-state index in [4.69, 9.17) is 0 Å². The molecule has 0 aliphatic carbocycles. The third-order valence-electron chi connectivity index (χ3n) is 4.03. The topological polar surface area (TPSA) is 65.5 Å². The molecule has 5 nitrogen and oxygen atoms in total. The van der Waals surface area contributed by atoms with Crippen molar-refractivity contribution in [1.29, 1.82) is 0 Å². The standard InChI is InChI=1S/C20H34N4OS.HI/c1-6-8-13-22-18(25)17-11-9-16(10-12-17)14-23-19(21-7-2)24-15-20(3,4)26-5;/h9-12H,6-8,13-15H2,1-5H3,(H,22,25)(H2,21,23,24);1H. The molecule has 0 radical (unpaired) electrons. The van der Waals surface area contributed by atoms with E-state index in [0.717, 1.165) is 44.0 Å². The number of benzene rings is 1. The minimum absolute atomic E-state index is 0. The number of nitrogens with zero attached hydrogens (tertiary/aromatic N) is 1. The molecule has 0 fully saturated rings. The zero-order valence-electron chi connectivity index (χ0n) is 17.2. The number of hydrogen-bond donors (Lipinski definition) is 3. The van der Waals surface area contributed by atoms with Crippen molar-refractivity contribution in [3.63, 3.8) is 0 Å². The number of carbonyl (C=O) groups excluding carboxylic acids is 1. The van der Waals surface area contributed by atoms with Crippen LogP contribution in [-0.4, -0.2) is 42.5 Å². The lowest BCUT2D eigenvalue weighted by molar-refractivity contribution is 0.0953. The average molecular weight is 506 g/mol. The zero-order valence-corrected chi connectivity index (χ0v) is 20.4. The van der Waals surface area contributed by atoms with Gasteiger partial charge in [0, 0.05) is 29.9 Å². The van der Waals surface area contributed by atoms with Crippen LogP contribution in [0.4, 0.5) is 0 Å². The maximum absolute atomic E-state index is 12.0. The van der Waals surface area contributed by atoms with Gasteiger partial charge in [0.1, 0.15) is 0 Å². The molecule has 0 spiro atoms. The molecule has 1 aromatic rings. The van der Waals surface area contributed by atoms with E-state index in [1.165, 1.54) is 0 Å². The van der Waals surface area contributed by atoms with Gasteiger partial charge in [-0.2, -0.15) is 11.8 Å². The molecule has 7 heteroatoms. The Morgan fingerprint density at radius 1 is 1.11 bits per heavy atom. The Morgan fingerprint density at radius 3 is 2.33 bits per heavy atom. The van der Waals surface area contributed by atoms with Crippen molar-refractivity contribution in [1.82, 2.24) is 16.0 Å². The van der Waals surface area contributed by atoms with Crippen LogP contribution in [0.15, 0.2) is 29.3 Å². The Labute approximate surface area is 186 Å². The smallest absolute Gasteiger partial charge is 0.251 e. The predicted molar refractivity (Wildman–Crippen MR) is 130 cm³/mol. The molecule has 1 amide bonds. The Balaban J connectivity index is 0.00000676. The van der Waals surface area contributed by atoms with Crippen molar-refractivity contribution in [3.8, 4) is 0 Å². The lowest BCUT2D eigenvalue weighted by Gasteiger charge is -2.23. The molecule has 0 saturated heterocycles. The van der Waals surface area contributed by atoms with E-state index < -0.39 is 0 Å². The van der Waals surface area contributed by atoms with Crippen LogP contribution in [-0.2, 0) is 6.54 Å². The zero-order chi connectivity index (χ0) is 19.4. The van der Waals surface area contributed by atoms with Crippen LogP contribution in [0.2, 0.25) is 0 Å². The molecule has 0 aliphatic heterocycles. The molecular formula is C20H35IN4OS. The van der Waals surface area contributed by atoms with E-state index in [1.807, 2.05) is 36.0 Å². The van der Waals surface area contributed by atoms with Crippen molar-refractivity contribution < 1.29 is 4.79 Å². The van der Waals surface area contributed by atoms with E-state index in [0.29, 0.717) is 12.1 Å². The van der Waals surface area contributed by atoms with E-state index >= 15 is 0 Å². The van der Waals surface area contributed by atoms with Crippen LogP contribution < -0.4 is 16.0 Å². The number of hydrogen-bond acceptors (Lipinski definition) is 3. The summed E-state index contributed by atoms with van der Waals surface area (Å²) in [6.07, 6.45) is 4.20. The van der Waals surface area contributed by atoms with E-state index in [9.17, 15) is 4.79 Å². The predicted octanol–water partition coefficient (Wildman–Crippen LogP) is 4.03. The first-order valence-electron chi connectivity index (χ1n) is 9.36. The highest BCUT2D eigenvalue weighted by atomic mass is 127. The second-order valence-corrected chi connectivity index (χ2v) is 8.33. The second-order valence-electron chi connectivity index (χ2n) is 6.82. The van der Waals surface area contributed by atoms with E-state index in [2.05, 4.69) is 54.9 Å². The molecule has 0 atom stereocenters. The highest BCUT2D eigenvalue weighted by Gasteiger charge is 2.16. The molecule has 27 heavy (non-hydrogen) atoms. The summed E-state index contributed by atoms with van der Waals surface area (Å²) in [5, 5.41) is 9.60. The Morgan fingerprint density at radius 2 is 1.78 bits per heavy atom. The van der Waals surface area contributed by atoms with Crippen LogP contribution in [0.5, 0.6) is 0 Å². The number of guanidine groups is 1. The van der Waals surface area contributed by atoms with Gasteiger partial charge >= 0.3 is 0 Å². The molecule has 154 valence electrons. The Hall–Kier alpha value is -0.960. The summed E-state index contributed by atoms with van der Waals surface area (Å²) in [5.74, 6) is 0.804. The van der Waals surface area contributed by atoms with E-state index in [-0.39, 0.29) is 34.6 Å². The molecule has 1 rings (SSSR count). The summed E-state index contributed by atoms with van der Waals surface area (Å²) < 4.78 is 0.156. The minimum atomic E-state index is -0.0113. The van der Waals surface area contributed by atoms with Crippen molar-refractivity contribution in [2.45, 2.75) is 51.8 Å². The number of thioether (sulfide) groups is 1. The molecule has 0 aliphatic rings. The quantitative estimate of drug-likeness (QED) is 0.194. The molecule has 1 aromatic carbocycles. The average Bonchev–Trinajstić information content (AvgIpc) is 2.64. The summed E-state index contributed by atoms with van der Waals surface area (Å²) in [7, 11) is 0. The SMILES string of the molecule is CCCCNC(=O)c1ccc(CN=C(NCC)NCC(C)(C)SC)cc1.I. The first-order valence-corrected chi connectivity index (χ1v) is 10.6. The van der Waals surface area contributed by atoms with Crippen LogP contribution in [0.25, 0.3) is 0 Å². The molecule has 0 saturated carbocycles.